The first-order valence-electron chi connectivity index (χ1n) is 11.0. The van der Waals surface area contributed by atoms with Crippen LogP contribution in [-0.2, 0) is 11.3 Å². The van der Waals surface area contributed by atoms with Crippen LogP contribution >= 0.6 is 12.4 Å². The van der Waals surface area contributed by atoms with Crippen LogP contribution in [0.4, 0.5) is 5.69 Å². The molecule has 0 unspecified atom stereocenters. The number of phenols is 1. The van der Waals surface area contributed by atoms with Gasteiger partial charge < -0.3 is 14.7 Å². The van der Waals surface area contributed by atoms with Crippen LogP contribution in [0.1, 0.15) is 18.4 Å². The van der Waals surface area contributed by atoms with Gasteiger partial charge in [-0.05, 0) is 70.6 Å². The van der Waals surface area contributed by atoms with Crippen molar-refractivity contribution in [3.05, 3.63) is 96.6 Å². The lowest BCUT2D eigenvalue weighted by Crippen LogP contribution is -2.39. The van der Waals surface area contributed by atoms with E-state index < -0.39 is 0 Å². The fourth-order valence-corrected chi connectivity index (χ4v) is 4.39. The van der Waals surface area contributed by atoms with Gasteiger partial charge in [0, 0.05) is 18.8 Å². The molecule has 1 heterocycles. The Kier molecular flexibility index (Phi) is 6.99. The van der Waals surface area contributed by atoms with Crippen molar-refractivity contribution in [1.82, 2.24) is 0 Å². The van der Waals surface area contributed by atoms with Crippen LogP contribution < -0.4 is 4.90 Å². The Bertz CT molecular complexity index is 1180. The number of piperidine rings is 1. The maximum Gasteiger partial charge on any atom is 0.115 e. The highest BCUT2D eigenvalue weighted by atomic mass is 35.5. The average molecular weight is 446 g/mol. The number of rotatable bonds is 5. The lowest BCUT2D eigenvalue weighted by Gasteiger charge is -2.34. The van der Waals surface area contributed by atoms with Gasteiger partial charge in [0.25, 0.3) is 0 Å². The van der Waals surface area contributed by atoms with E-state index in [2.05, 4.69) is 71.6 Å². The Morgan fingerprint density at radius 1 is 0.812 bits per heavy atom. The minimum Gasteiger partial charge on any atom is -0.508 e. The third-order valence-corrected chi connectivity index (χ3v) is 6.09. The molecule has 1 N–H and O–H groups in total. The Balaban J connectivity index is 0.00000245. The molecule has 0 saturated carbocycles. The molecule has 164 valence electrons. The normalized spacial score (nSPS) is 16.0. The molecule has 1 saturated heterocycles. The minimum atomic E-state index is 0. The van der Waals surface area contributed by atoms with Crippen LogP contribution in [0, 0.1) is 0 Å². The van der Waals surface area contributed by atoms with Gasteiger partial charge >= 0.3 is 0 Å². The first-order valence-corrected chi connectivity index (χ1v) is 11.0. The Labute approximate surface area is 195 Å². The van der Waals surface area contributed by atoms with Crippen molar-refractivity contribution >= 4 is 28.9 Å². The van der Waals surface area contributed by atoms with Gasteiger partial charge in [-0.3, -0.25) is 0 Å². The van der Waals surface area contributed by atoms with Gasteiger partial charge in [0.05, 0.1) is 12.7 Å². The van der Waals surface area contributed by atoms with Crippen molar-refractivity contribution in [1.29, 1.82) is 0 Å². The molecule has 4 aromatic rings. The average Bonchev–Trinajstić information content (AvgIpc) is 2.83. The summed E-state index contributed by atoms with van der Waals surface area (Å²) in [6.45, 7) is 2.61. The summed E-state index contributed by atoms with van der Waals surface area (Å²) in [5, 5.41) is 12.1. The van der Waals surface area contributed by atoms with Crippen LogP contribution in [0.5, 0.6) is 5.75 Å². The summed E-state index contributed by atoms with van der Waals surface area (Å²) in [6.07, 6.45) is 2.46. The summed E-state index contributed by atoms with van der Waals surface area (Å²) in [5.74, 6) is 0.294. The van der Waals surface area contributed by atoms with E-state index >= 15 is 0 Å². The van der Waals surface area contributed by atoms with Gasteiger partial charge in [-0.25, -0.2) is 0 Å². The molecule has 1 atom stereocenters. The molecule has 0 bridgehead atoms. The molecule has 1 fully saturated rings. The number of aromatic hydroxyl groups is 1. The second-order valence-electron chi connectivity index (χ2n) is 8.30. The second kappa shape index (κ2) is 10.1. The molecule has 0 aromatic heterocycles. The predicted octanol–water partition coefficient (Wildman–Crippen LogP) is 6.82. The van der Waals surface area contributed by atoms with Gasteiger partial charge in [-0.15, -0.1) is 12.4 Å². The number of phenolic OH excluding ortho intramolecular Hbond substituents is 1. The zero-order valence-electron chi connectivity index (χ0n) is 18.0. The third-order valence-electron chi connectivity index (χ3n) is 6.09. The lowest BCUT2D eigenvalue weighted by atomic mass is 10.0. The lowest BCUT2D eigenvalue weighted by molar-refractivity contribution is 0.0316. The molecular formula is C28H28ClNO2. The number of anilines is 1. The molecule has 5 rings (SSSR count). The topological polar surface area (TPSA) is 32.7 Å². The molecule has 1 aliphatic heterocycles. The van der Waals surface area contributed by atoms with E-state index in [1.54, 1.807) is 12.1 Å². The second-order valence-corrected chi connectivity index (χ2v) is 8.30. The monoisotopic (exact) mass is 445 g/mol. The Hall–Kier alpha value is -3.01. The molecule has 1 aliphatic rings. The summed E-state index contributed by atoms with van der Waals surface area (Å²) in [7, 11) is 0. The standard InChI is InChI=1S/C28H27NO2.ClH/c30-27-14-12-23(13-15-27)25-7-3-8-26(18-25)29-16-4-9-28(19-29)31-20-21-10-11-22-5-1-2-6-24(22)17-21;/h1-3,5-8,10-15,17-18,28,30H,4,9,16,19-20H2;1H/t28-;/m1./s1. The third kappa shape index (κ3) is 5.07. The molecule has 0 radical (unpaired) electrons. The Morgan fingerprint density at radius 2 is 1.62 bits per heavy atom. The predicted molar refractivity (Wildman–Crippen MR) is 135 cm³/mol. The van der Waals surface area contributed by atoms with Crippen LogP contribution in [-0.4, -0.2) is 24.3 Å². The molecule has 0 aliphatic carbocycles. The molecular weight excluding hydrogens is 418 g/mol. The molecule has 0 spiro atoms. The molecule has 32 heavy (non-hydrogen) atoms. The number of ether oxygens (including phenoxy) is 1. The zero-order chi connectivity index (χ0) is 21.0. The maximum atomic E-state index is 9.55. The van der Waals surface area contributed by atoms with Crippen LogP contribution in [0.25, 0.3) is 21.9 Å². The molecule has 4 aromatic carbocycles. The van der Waals surface area contributed by atoms with Crippen molar-refractivity contribution < 1.29 is 9.84 Å². The summed E-state index contributed by atoms with van der Waals surface area (Å²) in [6, 6.07) is 31.1. The van der Waals surface area contributed by atoms with Crippen molar-refractivity contribution in [2.75, 3.05) is 18.0 Å². The number of hydrogen-bond donors (Lipinski definition) is 1. The van der Waals surface area contributed by atoms with Gasteiger partial charge in [0.1, 0.15) is 5.75 Å². The van der Waals surface area contributed by atoms with Crippen molar-refractivity contribution in [3.8, 4) is 16.9 Å². The fourth-order valence-electron chi connectivity index (χ4n) is 4.39. The number of benzene rings is 4. The first-order chi connectivity index (χ1) is 15.2. The summed E-state index contributed by atoms with van der Waals surface area (Å²) < 4.78 is 6.33. The van der Waals surface area contributed by atoms with Gasteiger partial charge in [0.15, 0.2) is 0 Å². The SMILES string of the molecule is Cl.Oc1ccc(-c2cccc(N3CCC[C@@H](OCc4ccc5ccccc5c4)C3)c2)cc1. The molecule has 0 amide bonds. The number of nitrogens with zero attached hydrogens (tertiary/aromatic N) is 1. The van der Waals surface area contributed by atoms with Crippen LogP contribution in [0.15, 0.2) is 91.0 Å². The van der Waals surface area contributed by atoms with E-state index in [0.717, 1.165) is 37.1 Å². The fraction of sp³-hybridized carbons (Fsp3) is 0.214. The first kappa shape index (κ1) is 22.2. The molecule has 3 nitrogen and oxygen atoms in total. The van der Waals surface area contributed by atoms with Crippen LogP contribution in [0.2, 0.25) is 0 Å². The van der Waals surface area contributed by atoms with Gasteiger partial charge in [0.2, 0.25) is 0 Å². The smallest absolute Gasteiger partial charge is 0.115 e. The highest BCUT2D eigenvalue weighted by molar-refractivity contribution is 5.85. The van der Waals surface area contributed by atoms with E-state index in [1.807, 2.05) is 12.1 Å². The van der Waals surface area contributed by atoms with Crippen molar-refractivity contribution in [2.24, 2.45) is 0 Å². The van der Waals surface area contributed by atoms with Gasteiger partial charge in [-0.2, -0.15) is 0 Å². The van der Waals surface area contributed by atoms with E-state index in [0.29, 0.717) is 12.4 Å². The number of hydrogen-bond acceptors (Lipinski definition) is 3. The van der Waals surface area contributed by atoms with Crippen molar-refractivity contribution in [3.63, 3.8) is 0 Å². The highest BCUT2D eigenvalue weighted by Gasteiger charge is 2.21. The number of halogens is 1. The summed E-state index contributed by atoms with van der Waals surface area (Å²) in [5.41, 5.74) is 4.73. The van der Waals surface area contributed by atoms with E-state index in [4.69, 9.17) is 4.74 Å². The quantitative estimate of drug-likeness (QED) is 0.366. The minimum absolute atomic E-state index is 0. The number of fused-ring (bicyclic) bond motifs is 1. The van der Waals surface area contributed by atoms with Gasteiger partial charge in [-0.1, -0.05) is 60.7 Å². The van der Waals surface area contributed by atoms with Crippen molar-refractivity contribution in [2.45, 2.75) is 25.6 Å². The van der Waals surface area contributed by atoms with Crippen LogP contribution in [0.3, 0.4) is 0 Å². The highest BCUT2D eigenvalue weighted by Crippen LogP contribution is 2.28. The maximum absolute atomic E-state index is 9.55. The van der Waals surface area contributed by atoms with E-state index in [1.165, 1.54) is 22.0 Å². The Morgan fingerprint density at radius 3 is 2.47 bits per heavy atom. The van der Waals surface area contributed by atoms with E-state index in [9.17, 15) is 5.11 Å². The molecule has 4 heteroatoms. The summed E-state index contributed by atoms with van der Waals surface area (Å²) >= 11 is 0. The van der Waals surface area contributed by atoms with E-state index in [-0.39, 0.29) is 18.5 Å². The zero-order valence-corrected chi connectivity index (χ0v) is 18.8. The summed E-state index contributed by atoms with van der Waals surface area (Å²) in [4.78, 5) is 2.43. The largest absolute Gasteiger partial charge is 0.508 e.